The summed E-state index contributed by atoms with van der Waals surface area (Å²) in [7, 11) is 0. The fourth-order valence-electron chi connectivity index (χ4n) is 1.75. The molecule has 1 aromatic heterocycles. The van der Waals surface area contributed by atoms with Gasteiger partial charge in [0.2, 0.25) is 5.91 Å². The van der Waals surface area contributed by atoms with E-state index in [0.717, 1.165) is 5.56 Å². The normalized spacial score (nSPS) is 10.4. The van der Waals surface area contributed by atoms with Crippen molar-refractivity contribution >= 4 is 11.6 Å². The first-order valence-corrected chi connectivity index (χ1v) is 5.56. The lowest BCUT2D eigenvalue weighted by Gasteiger charge is -2.04. The highest BCUT2D eigenvalue weighted by molar-refractivity contribution is 5.89. The Bertz CT molecular complexity index is 575. The van der Waals surface area contributed by atoms with Crippen LogP contribution >= 0.6 is 0 Å². The highest BCUT2D eigenvalue weighted by atomic mass is 16.5. The van der Waals surface area contributed by atoms with Crippen LogP contribution in [0.4, 0.5) is 5.69 Å². The second-order valence-corrected chi connectivity index (χ2v) is 3.99. The lowest BCUT2D eigenvalue weighted by atomic mass is 10.1. The van der Waals surface area contributed by atoms with E-state index in [1.807, 2.05) is 12.1 Å². The zero-order valence-corrected chi connectivity index (χ0v) is 10.2. The Balaban J connectivity index is 2.41. The zero-order valence-electron chi connectivity index (χ0n) is 10.2. The Hall–Kier alpha value is -2.14. The summed E-state index contributed by atoms with van der Waals surface area (Å²) in [6, 6.07) is 7.24. The van der Waals surface area contributed by atoms with Gasteiger partial charge in [-0.2, -0.15) is 0 Å². The molecule has 0 saturated heterocycles. The number of aryl methyl sites for hydroxylation is 1. The summed E-state index contributed by atoms with van der Waals surface area (Å²) in [6.07, 6.45) is 0. The van der Waals surface area contributed by atoms with E-state index in [1.165, 1.54) is 6.92 Å². The molecule has 0 radical (unpaired) electrons. The van der Waals surface area contributed by atoms with Crippen LogP contribution in [0.2, 0.25) is 0 Å². The van der Waals surface area contributed by atoms with Crippen LogP contribution in [-0.2, 0) is 11.4 Å². The Morgan fingerprint density at radius 2 is 2.28 bits per heavy atom. The monoisotopic (exact) mass is 246 g/mol. The molecule has 2 rings (SSSR count). The molecule has 1 heterocycles. The molecular weight excluding hydrogens is 232 g/mol. The van der Waals surface area contributed by atoms with Gasteiger partial charge in [0, 0.05) is 23.7 Å². The molecule has 0 bridgehead atoms. The van der Waals surface area contributed by atoms with Gasteiger partial charge in [-0.3, -0.25) is 4.79 Å². The number of aliphatic hydroxyl groups excluding tert-OH is 1. The van der Waals surface area contributed by atoms with E-state index in [4.69, 9.17) is 4.52 Å². The van der Waals surface area contributed by atoms with E-state index in [9.17, 15) is 9.90 Å². The van der Waals surface area contributed by atoms with Crippen molar-refractivity contribution < 1.29 is 14.4 Å². The van der Waals surface area contributed by atoms with Crippen LogP contribution in [0.25, 0.3) is 11.3 Å². The van der Waals surface area contributed by atoms with Crippen molar-refractivity contribution in [2.24, 2.45) is 0 Å². The highest BCUT2D eigenvalue weighted by Crippen LogP contribution is 2.27. The predicted molar refractivity (Wildman–Crippen MR) is 66.9 cm³/mol. The van der Waals surface area contributed by atoms with Gasteiger partial charge >= 0.3 is 0 Å². The van der Waals surface area contributed by atoms with Crippen molar-refractivity contribution in [2.75, 3.05) is 5.32 Å². The number of hydrogen-bond donors (Lipinski definition) is 2. The topological polar surface area (TPSA) is 75.4 Å². The van der Waals surface area contributed by atoms with Crippen molar-refractivity contribution in [1.82, 2.24) is 5.16 Å². The molecular formula is C13H14N2O3. The van der Waals surface area contributed by atoms with E-state index in [-0.39, 0.29) is 12.5 Å². The summed E-state index contributed by atoms with van der Waals surface area (Å²) >= 11 is 0. The molecule has 94 valence electrons. The third-order valence-electron chi connectivity index (χ3n) is 2.60. The number of hydrogen-bond acceptors (Lipinski definition) is 4. The SMILES string of the molecule is CC(=O)Nc1cccc(-c2noc(C)c2CO)c1. The van der Waals surface area contributed by atoms with Crippen molar-refractivity contribution in [2.45, 2.75) is 20.5 Å². The van der Waals surface area contributed by atoms with E-state index in [2.05, 4.69) is 10.5 Å². The first kappa shape index (κ1) is 12.3. The Kier molecular flexibility index (Phi) is 3.43. The fourth-order valence-corrected chi connectivity index (χ4v) is 1.75. The summed E-state index contributed by atoms with van der Waals surface area (Å²) < 4.78 is 5.06. The van der Waals surface area contributed by atoms with Gasteiger partial charge < -0.3 is 14.9 Å². The first-order valence-electron chi connectivity index (χ1n) is 5.56. The lowest BCUT2D eigenvalue weighted by Crippen LogP contribution is -2.05. The molecule has 0 atom stereocenters. The van der Waals surface area contributed by atoms with Gasteiger partial charge in [-0.15, -0.1) is 0 Å². The molecule has 2 aromatic rings. The molecule has 0 aliphatic heterocycles. The minimum atomic E-state index is -0.133. The number of nitrogens with one attached hydrogen (secondary N) is 1. The van der Waals surface area contributed by atoms with Gasteiger partial charge in [-0.1, -0.05) is 17.3 Å². The number of benzene rings is 1. The number of amides is 1. The molecule has 1 aromatic carbocycles. The molecule has 0 saturated carbocycles. The summed E-state index contributed by atoms with van der Waals surface area (Å²) in [6.45, 7) is 3.07. The van der Waals surface area contributed by atoms with E-state index in [0.29, 0.717) is 22.7 Å². The van der Waals surface area contributed by atoms with Crippen molar-refractivity contribution in [3.05, 3.63) is 35.6 Å². The van der Waals surface area contributed by atoms with Gasteiger partial charge in [-0.05, 0) is 19.1 Å². The zero-order chi connectivity index (χ0) is 13.1. The van der Waals surface area contributed by atoms with Gasteiger partial charge in [0.25, 0.3) is 0 Å². The smallest absolute Gasteiger partial charge is 0.221 e. The molecule has 5 nitrogen and oxygen atoms in total. The van der Waals surface area contributed by atoms with Gasteiger partial charge in [0.15, 0.2) is 0 Å². The van der Waals surface area contributed by atoms with Crippen molar-refractivity contribution in [3.63, 3.8) is 0 Å². The van der Waals surface area contributed by atoms with E-state index < -0.39 is 0 Å². The van der Waals surface area contributed by atoms with Gasteiger partial charge in [0.05, 0.1) is 6.61 Å². The Morgan fingerprint density at radius 1 is 1.50 bits per heavy atom. The predicted octanol–water partition coefficient (Wildman–Crippen LogP) is 2.10. The number of carbonyl (C=O) groups excluding carboxylic acids is 1. The van der Waals surface area contributed by atoms with E-state index in [1.54, 1.807) is 19.1 Å². The third kappa shape index (κ3) is 2.41. The van der Waals surface area contributed by atoms with Gasteiger partial charge in [0.1, 0.15) is 11.5 Å². The van der Waals surface area contributed by atoms with Crippen molar-refractivity contribution in [3.8, 4) is 11.3 Å². The minimum absolute atomic E-state index is 0.130. The number of aliphatic hydroxyl groups is 1. The van der Waals surface area contributed by atoms with Gasteiger partial charge in [-0.25, -0.2) is 0 Å². The lowest BCUT2D eigenvalue weighted by molar-refractivity contribution is -0.114. The third-order valence-corrected chi connectivity index (χ3v) is 2.60. The molecule has 0 aliphatic carbocycles. The molecule has 0 spiro atoms. The largest absolute Gasteiger partial charge is 0.391 e. The summed E-state index contributed by atoms with van der Waals surface area (Å²) in [5, 5.41) is 15.9. The maximum Gasteiger partial charge on any atom is 0.221 e. The first-order chi connectivity index (χ1) is 8.61. The molecule has 5 heteroatoms. The standard InChI is InChI=1S/C13H14N2O3/c1-8-12(7-16)13(15-18-8)10-4-3-5-11(6-10)14-9(2)17/h3-6,16H,7H2,1-2H3,(H,14,17). The summed E-state index contributed by atoms with van der Waals surface area (Å²) in [5.74, 6) is 0.461. The van der Waals surface area contributed by atoms with E-state index >= 15 is 0 Å². The van der Waals surface area contributed by atoms with Crippen molar-refractivity contribution in [1.29, 1.82) is 0 Å². The molecule has 1 amide bonds. The van der Waals surface area contributed by atoms with Crippen LogP contribution in [0.1, 0.15) is 18.2 Å². The fraction of sp³-hybridized carbons (Fsp3) is 0.231. The molecule has 18 heavy (non-hydrogen) atoms. The second kappa shape index (κ2) is 5.01. The molecule has 2 N–H and O–H groups in total. The number of carbonyl (C=O) groups is 1. The summed E-state index contributed by atoms with van der Waals surface area (Å²) in [5.41, 5.74) is 2.74. The van der Waals surface area contributed by atoms with Crippen LogP contribution in [0.5, 0.6) is 0 Å². The highest BCUT2D eigenvalue weighted by Gasteiger charge is 2.13. The minimum Gasteiger partial charge on any atom is -0.391 e. The maximum atomic E-state index is 11.0. The van der Waals surface area contributed by atoms with Crippen LogP contribution in [-0.4, -0.2) is 16.2 Å². The molecule has 0 aliphatic rings. The summed E-state index contributed by atoms with van der Waals surface area (Å²) in [4.78, 5) is 11.0. The quantitative estimate of drug-likeness (QED) is 0.869. The number of aromatic nitrogens is 1. The Morgan fingerprint density at radius 3 is 2.94 bits per heavy atom. The molecule has 0 fully saturated rings. The number of nitrogens with zero attached hydrogens (tertiary/aromatic N) is 1. The average Bonchev–Trinajstić information content (AvgIpc) is 2.70. The number of rotatable bonds is 3. The van der Waals surface area contributed by atoms with Crippen LogP contribution in [0.3, 0.4) is 0 Å². The Labute approximate surface area is 104 Å². The van der Waals surface area contributed by atoms with Crippen LogP contribution in [0, 0.1) is 6.92 Å². The number of anilines is 1. The average molecular weight is 246 g/mol. The van der Waals surface area contributed by atoms with Crippen LogP contribution in [0.15, 0.2) is 28.8 Å². The second-order valence-electron chi connectivity index (χ2n) is 3.99. The van der Waals surface area contributed by atoms with Crippen LogP contribution < -0.4 is 5.32 Å². The molecule has 0 unspecified atom stereocenters. The maximum absolute atomic E-state index is 11.0.